The van der Waals surface area contributed by atoms with Gasteiger partial charge in [-0.05, 0) is 67.3 Å². The maximum Gasteiger partial charge on any atom is 0.0447 e. The minimum Gasteiger partial charge on any atom is -0.296 e. The van der Waals surface area contributed by atoms with Crippen LogP contribution in [0.25, 0.3) is 0 Å². The highest BCUT2D eigenvalue weighted by Crippen LogP contribution is 2.28. The summed E-state index contributed by atoms with van der Waals surface area (Å²) < 4.78 is 1.01. The molecular formula is C16H27BrN4. The maximum absolute atomic E-state index is 5.91. The van der Waals surface area contributed by atoms with Crippen LogP contribution in [0.4, 0.5) is 0 Å². The molecule has 118 valence electrons. The number of pyridine rings is 1. The number of hydrogen-bond donors (Lipinski definition) is 2. The highest BCUT2D eigenvalue weighted by molar-refractivity contribution is 9.10. The summed E-state index contributed by atoms with van der Waals surface area (Å²) in [5.41, 5.74) is 4.22. The van der Waals surface area contributed by atoms with Crippen molar-refractivity contribution in [2.24, 2.45) is 5.84 Å². The smallest absolute Gasteiger partial charge is 0.0447 e. The largest absolute Gasteiger partial charge is 0.296 e. The number of nitrogens with one attached hydrogen (secondary N) is 1. The van der Waals surface area contributed by atoms with Gasteiger partial charge in [0.05, 0.1) is 0 Å². The van der Waals surface area contributed by atoms with Crippen LogP contribution in [0.15, 0.2) is 22.8 Å². The molecule has 4 nitrogen and oxygen atoms in total. The first-order valence-electron chi connectivity index (χ1n) is 7.91. The lowest BCUT2D eigenvalue weighted by Crippen LogP contribution is -2.62. The van der Waals surface area contributed by atoms with Crippen LogP contribution in [0.2, 0.25) is 0 Å². The van der Waals surface area contributed by atoms with E-state index in [0.717, 1.165) is 23.0 Å². The molecule has 3 N–H and O–H groups in total. The molecule has 1 aliphatic heterocycles. The number of nitrogens with two attached hydrogens (primary N) is 1. The fraction of sp³-hybridized carbons (Fsp3) is 0.688. The third-order valence-corrected chi connectivity index (χ3v) is 5.42. The van der Waals surface area contributed by atoms with E-state index in [9.17, 15) is 0 Å². The molecule has 0 aromatic carbocycles. The molecule has 2 heterocycles. The van der Waals surface area contributed by atoms with Gasteiger partial charge in [-0.3, -0.25) is 21.2 Å². The second kappa shape index (κ2) is 7.68. The van der Waals surface area contributed by atoms with Crippen molar-refractivity contribution >= 4 is 15.9 Å². The molecule has 2 rings (SSSR count). The lowest BCUT2D eigenvalue weighted by molar-refractivity contribution is 0.0426. The molecule has 0 radical (unpaired) electrons. The molecular weight excluding hydrogens is 328 g/mol. The third kappa shape index (κ3) is 4.03. The van der Waals surface area contributed by atoms with Gasteiger partial charge in [-0.2, -0.15) is 0 Å². The molecule has 0 bridgehead atoms. The zero-order valence-electron chi connectivity index (χ0n) is 13.1. The van der Waals surface area contributed by atoms with E-state index in [1.54, 1.807) is 0 Å². The summed E-state index contributed by atoms with van der Waals surface area (Å²) in [7, 11) is 0. The van der Waals surface area contributed by atoms with Crippen molar-refractivity contribution in [3.8, 4) is 0 Å². The molecule has 1 aliphatic rings. The fourth-order valence-electron chi connectivity index (χ4n) is 3.29. The minimum absolute atomic E-state index is 0.0733. The van der Waals surface area contributed by atoms with Crippen LogP contribution in [0.1, 0.15) is 45.2 Å². The van der Waals surface area contributed by atoms with Crippen molar-refractivity contribution in [1.29, 1.82) is 0 Å². The average molecular weight is 355 g/mol. The number of nitrogens with zero attached hydrogens (tertiary/aromatic N) is 2. The Morgan fingerprint density at radius 3 is 2.62 bits per heavy atom. The SMILES string of the molecule is CCC(C)(C(Cc1ccc(Br)cn1)NN)N1CCCCC1. The summed E-state index contributed by atoms with van der Waals surface area (Å²) in [5.74, 6) is 5.91. The van der Waals surface area contributed by atoms with Crippen LogP contribution in [0.5, 0.6) is 0 Å². The summed E-state index contributed by atoms with van der Waals surface area (Å²) in [6, 6.07) is 4.31. The molecule has 0 spiro atoms. The second-order valence-electron chi connectivity index (χ2n) is 6.15. The van der Waals surface area contributed by atoms with Gasteiger partial charge < -0.3 is 0 Å². The predicted octanol–water partition coefficient (Wildman–Crippen LogP) is 2.87. The summed E-state index contributed by atoms with van der Waals surface area (Å²) in [6.07, 6.45) is 7.73. The Bertz CT molecular complexity index is 430. The quantitative estimate of drug-likeness (QED) is 0.609. The Morgan fingerprint density at radius 2 is 2.10 bits per heavy atom. The monoisotopic (exact) mass is 354 g/mol. The summed E-state index contributed by atoms with van der Waals surface area (Å²) in [4.78, 5) is 7.11. The topological polar surface area (TPSA) is 54.2 Å². The molecule has 1 aromatic heterocycles. The number of piperidine rings is 1. The molecule has 21 heavy (non-hydrogen) atoms. The van der Waals surface area contributed by atoms with Crippen molar-refractivity contribution in [2.75, 3.05) is 13.1 Å². The van der Waals surface area contributed by atoms with Gasteiger partial charge in [0.25, 0.3) is 0 Å². The van der Waals surface area contributed by atoms with Gasteiger partial charge in [0.1, 0.15) is 0 Å². The molecule has 0 saturated carbocycles. The van der Waals surface area contributed by atoms with E-state index >= 15 is 0 Å². The second-order valence-corrected chi connectivity index (χ2v) is 7.07. The Hall–Kier alpha value is -0.490. The minimum atomic E-state index is 0.0733. The number of hydrogen-bond acceptors (Lipinski definition) is 4. The van der Waals surface area contributed by atoms with E-state index < -0.39 is 0 Å². The summed E-state index contributed by atoms with van der Waals surface area (Å²) >= 11 is 3.43. The van der Waals surface area contributed by atoms with Crippen LogP contribution in [0, 0.1) is 0 Å². The number of rotatable bonds is 6. The Kier molecular flexibility index (Phi) is 6.17. The predicted molar refractivity (Wildman–Crippen MR) is 90.9 cm³/mol. The summed E-state index contributed by atoms with van der Waals surface area (Å²) in [5, 5.41) is 0. The van der Waals surface area contributed by atoms with E-state index in [1.807, 2.05) is 12.3 Å². The zero-order valence-corrected chi connectivity index (χ0v) is 14.7. The highest BCUT2D eigenvalue weighted by atomic mass is 79.9. The van der Waals surface area contributed by atoms with Crippen molar-refractivity contribution < 1.29 is 0 Å². The Labute approximate surface area is 136 Å². The number of aromatic nitrogens is 1. The van der Waals surface area contributed by atoms with E-state index in [-0.39, 0.29) is 11.6 Å². The van der Waals surface area contributed by atoms with E-state index in [1.165, 1.54) is 32.4 Å². The van der Waals surface area contributed by atoms with Gasteiger partial charge in [0.2, 0.25) is 0 Å². The van der Waals surface area contributed by atoms with Gasteiger partial charge >= 0.3 is 0 Å². The van der Waals surface area contributed by atoms with E-state index in [0.29, 0.717) is 0 Å². The van der Waals surface area contributed by atoms with Crippen LogP contribution in [0.3, 0.4) is 0 Å². The average Bonchev–Trinajstić information content (AvgIpc) is 2.54. The van der Waals surface area contributed by atoms with Crippen LogP contribution >= 0.6 is 15.9 Å². The molecule has 0 aliphatic carbocycles. The van der Waals surface area contributed by atoms with Crippen molar-refractivity contribution in [3.63, 3.8) is 0 Å². The lowest BCUT2D eigenvalue weighted by Gasteiger charge is -2.47. The molecule has 1 fully saturated rings. The van der Waals surface area contributed by atoms with Crippen molar-refractivity contribution in [3.05, 3.63) is 28.5 Å². The first-order chi connectivity index (χ1) is 10.1. The molecule has 0 amide bonds. The maximum atomic E-state index is 5.91. The van der Waals surface area contributed by atoms with Gasteiger partial charge in [-0.1, -0.05) is 13.3 Å². The van der Waals surface area contributed by atoms with E-state index in [2.05, 4.69) is 51.2 Å². The Balaban J connectivity index is 2.13. The zero-order chi connectivity index (χ0) is 15.3. The Morgan fingerprint density at radius 1 is 1.38 bits per heavy atom. The standard InChI is InChI=1S/C16H27BrN4/c1-3-16(2,21-9-5-4-6-10-21)15(20-18)11-14-8-7-13(17)12-19-14/h7-8,12,15,20H,3-6,9-11,18H2,1-2H3. The molecule has 5 heteroatoms. The summed E-state index contributed by atoms with van der Waals surface area (Å²) in [6.45, 7) is 6.95. The van der Waals surface area contributed by atoms with Gasteiger partial charge in [0, 0.05) is 34.4 Å². The highest BCUT2D eigenvalue weighted by Gasteiger charge is 2.38. The van der Waals surface area contributed by atoms with Gasteiger partial charge in [-0.15, -0.1) is 0 Å². The van der Waals surface area contributed by atoms with E-state index in [4.69, 9.17) is 5.84 Å². The molecule has 1 aromatic rings. The normalized spacial score (nSPS) is 21.0. The molecule has 2 atom stereocenters. The van der Waals surface area contributed by atoms with Crippen molar-refractivity contribution in [2.45, 2.75) is 57.5 Å². The van der Waals surface area contributed by atoms with Gasteiger partial charge in [-0.25, -0.2) is 0 Å². The first-order valence-corrected chi connectivity index (χ1v) is 8.71. The molecule has 2 unspecified atom stereocenters. The van der Waals surface area contributed by atoms with Crippen LogP contribution in [-0.4, -0.2) is 34.6 Å². The van der Waals surface area contributed by atoms with Crippen molar-refractivity contribution in [1.82, 2.24) is 15.3 Å². The number of hydrazine groups is 1. The van der Waals surface area contributed by atoms with Crippen LogP contribution < -0.4 is 11.3 Å². The fourth-order valence-corrected chi connectivity index (χ4v) is 3.52. The molecule has 1 saturated heterocycles. The number of halogens is 1. The third-order valence-electron chi connectivity index (χ3n) is 4.95. The van der Waals surface area contributed by atoms with Crippen LogP contribution in [-0.2, 0) is 6.42 Å². The van der Waals surface area contributed by atoms with Gasteiger partial charge in [0.15, 0.2) is 0 Å². The lowest BCUT2D eigenvalue weighted by atomic mass is 9.83. The first kappa shape index (κ1) is 16.9. The number of likely N-dealkylation sites (tertiary alicyclic amines) is 1.